The van der Waals surface area contributed by atoms with Crippen LogP contribution in [0.25, 0.3) is 11.3 Å². The number of alkyl halides is 3. The first-order valence-electron chi connectivity index (χ1n) is 9.84. The lowest BCUT2D eigenvalue weighted by Gasteiger charge is -2.35. The Kier molecular flexibility index (Phi) is 6.50. The molecule has 30 heavy (non-hydrogen) atoms. The molecule has 0 saturated carbocycles. The number of carbonyl (C=O) groups excluding carboxylic acids is 1. The molecular weight excluding hydrogens is 463 g/mol. The SMILES string of the molecule is CC(C)(C)OC(=O)N1CCCC[C@H]1c1nc(-c2ccc(Br)cc2)c(CC(F)(F)F)[nH]1. The van der Waals surface area contributed by atoms with Crippen molar-refractivity contribution in [1.29, 1.82) is 0 Å². The summed E-state index contributed by atoms with van der Waals surface area (Å²) >= 11 is 3.33. The lowest BCUT2D eigenvalue weighted by Crippen LogP contribution is -2.42. The van der Waals surface area contributed by atoms with Gasteiger partial charge in [-0.1, -0.05) is 28.1 Å². The molecule has 0 unspecified atom stereocenters. The predicted molar refractivity (Wildman–Crippen MR) is 111 cm³/mol. The van der Waals surface area contributed by atoms with Crippen LogP contribution in [0.2, 0.25) is 0 Å². The first-order valence-corrected chi connectivity index (χ1v) is 10.6. The highest BCUT2D eigenvalue weighted by Gasteiger charge is 2.36. The third-order valence-electron chi connectivity index (χ3n) is 4.74. The number of benzene rings is 1. The molecule has 3 rings (SSSR count). The number of nitrogens with zero attached hydrogens (tertiary/aromatic N) is 2. The van der Waals surface area contributed by atoms with E-state index in [4.69, 9.17) is 4.74 Å². The molecule has 164 valence electrons. The number of aromatic amines is 1. The molecule has 1 amide bonds. The molecule has 0 aliphatic carbocycles. The van der Waals surface area contributed by atoms with Crippen LogP contribution in [0, 0.1) is 0 Å². The van der Waals surface area contributed by atoms with Crippen LogP contribution in [0.5, 0.6) is 0 Å². The standard InChI is InChI=1S/C21H25BrF3N3O2/c1-20(2,3)30-19(29)28-11-5-4-6-16(28)18-26-15(12-21(23,24)25)17(27-18)13-7-9-14(22)10-8-13/h7-10,16H,4-6,11-12H2,1-3H3,(H,26,27)/t16-/m0/s1. The van der Waals surface area contributed by atoms with E-state index >= 15 is 0 Å². The summed E-state index contributed by atoms with van der Waals surface area (Å²) in [7, 11) is 0. The summed E-state index contributed by atoms with van der Waals surface area (Å²) in [5.74, 6) is 0.359. The van der Waals surface area contributed by atoms with Gasteiger partial charge in [0, 0.05) is 16.6 Å². The summed E-state index contributed by atoms with van der Waals surface area (Å²) < 4.78 is 45.9. The number of hydrogen-bond donors (Lipinski definition) is 1. The van der Waals surface area contributed by atoms with E-state index in [0.29, 0.717) is 24.4 Å². The van der Waals surface area contributed by atoms with E-state index in [1.807, 2.05) is 0 Å². The molecule has 1 saturated heterocycles. The summed E-state index contributed by atoms with van der Waals surface area (Å²) in [6.07, 6.45) is -3.71. The Bertz CT molecular complexity index is 888. The van der Waals surface area contributed by atoms with Crippen molar-refractivity contribution in [3.8, 4) is 11.3 Å². The molecule has 1 aliphatic heterocycles. The Morgan fingerprint density at radius 2 is 1.90 bits per heavy atom. The summed E-state index contributed by atoms with van der Waals surface area (Å²) in [6, 6.07) is 6.50. The lowest BCUT2D eigenvalue weighted by molar-refractivity contribution is -0.127. The molecule has 1 fully saturated rings. The minimum Gasteiger partial charge on any atom is -0.444 e. The normalized spacial score (nSPS) is 17.8. The number of piperidine rings is 1. The number of likely N-dealkylation sites (tertiary alicyclic amines) is 1. The smallest absolute Gasteiger partial charge is 0.410 e. The zero-order valence-corrected chi connectivity index (χ0v) is 18.7. The Hall–Kier alpha value is -2.03. The molecule has 5 nitrogen and oxygen atoms in total. The molecular formula is C21H25BrF3N3O2. The van der Waals surface area contributed by atoms with Crippen LogP contribution in [-0.2, 0) is 11.2 Å². The van der Waals surface area contributed by atoms with Crippen LogP contribution in [0.1, 0.15) is 57.6 Å². The van der Waals surface area contributed by atoms with Crippen LogP contribution >= 0.6 is 15.9 Å². The number of imidazole rings is 1. The van der Waals surface area contributed by atoms with Crippen LogP contribution in [-0.4, -0.2) is 39.3 Å². The number of halogens is 4. The van der Waals surface area contributed by atoms with Gasteiger partial charge in [-0.25, -0.2) is 9.78 Å². The number of H-pyrrole nitrogens is 1. The largest absolute Gasteiger partial charge is 0.444 e. The van der Waals surface area contributed by atoms with E-state index in [1.165, 1.54) is 0 Å². The second kappa shape index (κ2) is 8.61. The fourth-order valence-corrected chi connectivity index (χ4v) is 3.78. The molecule has 1 aromatic carbocycles. The molecule has 1 N–H and O–H groups in total. The minimum atomic E-state index is -4.38. The van der Waals surface area contributed by atoms with Gasteiger partial charge < -0.3 is 9.72 Å². The highest BCUT2D eigenvalue weighted by molar-refractivity contribution is 9.10. The second-order valence-electron chi connectivity index (χ2n) is 8.43. The van der Waals surface area contributed by atoms with E-state index in [-0.39, 0.29) is 11.4 Å². The fraction of sp³-hybridized carbons (Fsp3) is 0.524. The van der Waals surface area contributed by atoms with Crippen LogP contribution in [0.4, 0.5) is 18.0 Å². The van der Waals surface area contributed by atoms with Gasteiger partial charge in [0.15, 0.2) is 0 Å². The van der Waals surface area contributed by atoms with Gasteiger partial charge in [-0.3, -0.25) is 4.90 Å². The average Bonchev–Trinajstić information content (AvgIpc) is 3.02. The molecule has 0 spiro atoms. The first-order chi connectivity index (χ1) is 13.9. The van der Waals surface area contributed by atoms with E-state index in [0.717, 1.165) is 17.3 Å². The molecule has 2 aromatic rings. The Morgan fingerprint density at radius 1 is 1.23 bits per heavy atom. The van der Waals surface area contributed by atoms with Gasteiger partial charge in [-0.05, 0) is 52.2 Å². The van der Waals surface area contributed by atoms with Crippen molar-refractivity contribution in [2.24, 2.45) is 0 Å². The van der Waals surface area contributed by atoms with Crippen molar-refractivity contribution < 1.29 is 22.7 Å². The summed E-state index contributed by atoms with van der Waals surface area (Å²) in [5, 5.41) is 0. The second-order valence-corrected chi connectivity index (χ2v) is 9.35. The van der Waals surface area contributed by atoms with Gasteiger partial charge in [0.1, 0.15) is 11.4 Å². The zero-order valence-electron chi connectivity index (χ0n) is 17.1. The number of carbonyl (C=O) groups is 1. The van der Waals surface area contributed by atoms with Crippen molar-refractivity contribution >= 4 is 22.0 Å². The van der Waals surface area contributed by atoms with Gasteiger partial charge in [0.25, 0.3) is 0 Å². The van der Waals surface area contributed by atoms with E-state index in [2.05, 4.69) is 25.9 Å². The van der Waals surface area contributed by atoms with Gasteiger partial charge >= 0.3 is 12.3 Å². The Morgan fingerprint density at radius 3 is 2.50 bits per heavy atom. The van der Waals surface area contributed by atoms with E-state index in [1.54, 1.807) is 49.9 Å². The summed E-state index contributed by atoms with van der Waals surface area (Å²) in [5.41, 5.74) is 0.172. The van der Waals surface area contributed by atoms with Crippen molar-refractivity contribution in [2.45, 2.75) is 64.3 Å². The summed E-state index contributed by atoms with van der Waals surface area (Å²) in [6.45, 7) is 5.82. The van der Waals surface area contributed by atoms with Crippen molar-refractivity contribution in [3.63, 3.8) is 0 Å². The lowest BCUT2D eigenvalue weighted by atomic mass is 10.0. The molecule has 9 heteroatoms. The number of nitrogens with one attached hydrogen (secondary N) is 1. The van der Waals surface area contributed by atoms with Gasteiger partial charge in [-0.2, -0.15) is 13.2 Å². The molecule has 1 aliphatic rings. The van der Waals surface area contributed by atoms with E-state index in [9.17, 15) is 18.0 Å². The third kappa shape index (κ3) is 5.77. The highest BCUT2D eigenvalue weighted by atomic mass is 79.9. The topological polar surface area (TPSA) is 58.2 Å². The number of hydrogen-bond acceptors (Lipinski definition) is 3. The van der Waals surface area contributed by atoms with Gasteiger partial charge in [-0.15, -0.1) is 0 Å². The first kappa shape index (κ1) is 22.7. The molecule has 2 heterocycles. The third-order valence-corrected chi connectivity index (χ3v) is 5.27. The molecule has 0 radical (unpaired) electrons. The predicted octanol–water partition coefficient (Wildman–Crippen LogP) is 6.41. The van der Waals surface area contributed by atoms with Crippen molar-refractivity contribution in [3.05, 3.63) is 40.3 Å². The van der Waals surface area contributed by atoms with Gasteiger partial charge in [0.05, 0.1) is 23.9 Å². The fourth-order valence-electron chi connectivity index (χ4n) is 3.52. The number of aromatic nitrogens is 2. The minimum absolute atomic E-state index is 0.00506. The number of amides is 1. The zero-order chi connectivity index (χ0) is 22.1. The monoisotopic (exact) mass is 487 g/mol. The van der Waals surface area contributed by atoms with Crippen molar-refractivity contribution in [2.75, 3.05) is 6.54 Å². The number of rotatable bonds is 3. The maximum absolute atomic E-state index is 13.2. The summed E-state index contributed by atoms with van der Waals surface area (Å²) in [4.78, 5) is 21.7. The van der Waals surface area contributed by atoms with Crippen LogP contribution in [0.15, 0.2) is 28.7 Å². The molecule has 1 atom stereocenters. The maximum atomic E-state index is 13.2. The van der Waals surface area contributed by atoms with Crippen LogP contribution in [0.3, 0.4) is 0 Å². The van der Waals surface area contributed by atoms with E-state index < -0.39 is 30.3 Å². The number of ether oxygens (including phenoxy) is 1. The van der Waals surface area contributed by atoms with Crippen LogP contribution < -0.4 is 0 Å². The highest BCUT2D eigenvalue weighted by Crippen LogP contribution is 2.35. The molecule has 1 aromatic heterocycles. The quantitative estimate of drug-likeness (QED) is 0.544. The van der Waals surface area contributed by atoms with Gasteiger partial charge in [0.2, 0.25) is 0 Å². The molecule has 0 bridgehead atoms. The van der Waals surface area contributed by atoms with Crippen molar-refractivity contribution in [1.82, 2.24) is 14.9 Å². The Balaban J connectivity index is 1.98. The Labute approximate surface area is 182 Å². The average molecular weight is 488 g/mol. The maximum Gasteiger partial charge on any atom is 0.410 e.